The van der Waals surface area contributed by atoms with Gasteiger partial charge in [0.15, 0.2) is 0 Å². The molecule has 0 aromatic rings. The maximum Gasteiger partial charge on any atom is 0.250 e. The lowest BCUT2D eigenvalue weighted by molar-refractivity contribution is -0.306. The summed E-state index contributed by atoms with van der Waals surface area (Å²) in [6, 6.07) is 0. The number of fused-ring (bicyclic) bond motifs is 5. The summed E-state index contributed by atoms with van der Waals surface area (Å²) in [4.78, 5) is 10.7. The normalized spacial score (nSPS) is 41.6. The molecule has 1 N–H and O–H groups in total. The first-order valence-electron chi connectivity index (χ1n) is 13.8. The summed E-state index contributed by atoms with van der Waals surface area (Å²) in [7, 11) is 0. The number of carboxylic acids is 1. The van der Waals surface area contributed by atoms with Crippen LogP contribution in [-0.4, -0.2) is 23.1 Å². The van der Waals surface area contributed by atoms with Crippen LogP contribution in [0.15, 0.2) is 11.6 Å². The third kappa shape index (κ3) is 4.60. The molecule has 3 nitrogen and oxygen atoms in total. The molecule has 1 unspecified atom stereocenters. The molecule has 34 heavy (non-hydrogen) atoms. The molecule has 3 fully saturated rings. The summed E-state index contributed by atoms with van der Waals surface area (Å²) in [5.74, 6) is -2.22. The van der Waals surface area contributed by atoms with Gasteiger partial charge in [-0.25, -0.2) is 8.78 Å². The Morgan fingerprint density at radius 1 is 1.15 bits per heavy atom. The van der Waals surface area contributed by atoms with Gasteiger partial charge < -0.3 is 15.0 Å². The Hall–Kier alpha value is -0.970. The molecule has 0 radical (unpaired) electrons. The highest BCUT2D eigenvalue weighted by Crippen LogP contribution is 2.67. The van der Waals surface area contributed by atoms with E-state index in [-0.39, 0.29) is 42.1 Å². The van der Waals surface area contributed by atoms with Gasteiger partial charge in [0.25, 0.3) is 5.92 Å². The van der Waals surface area contributed by atoms with Gasteiger partial charge in [0.1, 0.15) is 0 Å². The SMILES string of the molecule is CC(CCC(=O)[O-])C(F)(F)CC[C@@H](C)[C@H]1CC[C@H]2[C@@H]3CC=C4C[C@@H](O)CC[C@]4(C)[C@H]3CC[C@]12C. The van der Waals surface area contributed by atoms with Crippen molar-refractivity contribution < 1.29 is 23.8 Å². The van der Waals surface area contributed by atoms with Gasteiger partial charge in [-0.15, -0.1) is 0 Å². The van der Waals surface area contributed by atoms with Gasteiger partial charge in [0.2, 0.25) is 0 Å². The van der Waals surface area contributed by atoms with Crippen LogP contribution in [0.3, 0.4) is 0 Å². The summed E-state index contributed by atoms with van der Waals surface area (Å²) in [6.07, 6.45) is 11.0. The monoisotopic (exact) mass is 479 g/mol. The lowest BCUT2D eigenvalue weighted by atomic mass is 9.47. The lowest BCUT2D eigenvalue weighted by Gasteiger charge is -2.58. The van der Waals surface area contributed by atoms with E-state index in [0.29, 0.717) is 30.1 Å². The Morgan fingerprint density at radius 3 is 2.59 bits per heavy atom. The molecule has 0 spiro atoms. The zero-order chi connectivity index (χ0) is 24.9. The lowest BCUT2D eigenvalue weighted by Crippen LogP contribution is -2.50. The van der Waals surface area contributed by atoms with Gasteiger partial charge in [-0.3, -0.25) is 0 Å². The van der Waals surface area contributed by atoms with Crippen LogP contribution in [0, 0.1) is 46.3 Å². The second-order valence-electron chi connectivity index (χ2n) is 13.0. The number of hydrogen-bond donors (Lipinski definition) is 1. The molecular weight excluding hydrogens is 434 g/mol. The summed E-state index contributed by atoms with van der Waals surface area (Å²) in [6.45, 7) is 8.55. The maximum absolute atomic E-state index is 14.8. The van der Waals surface area contributed by atoms with Crippen LogP contribution >= 0.6 is 0 Å². The van der Waals surface area contributed by atoms with E-state index in [9.17, 15) is 23.8 Å². The van der Waals surface area contributed by atoms with Gasteiger partial charge in [-0.05, 0) is 111 Å². The van der Waals surface area contributed by atoms with Crippen LogP contribution < -0.4 is 5.11 Å². The Morgan fingerprint density at radius 2 is 1.88 bits per heavy atom. The molecule has 9 atom stereocenters. The third-order valence-electron chi connectivity index (χ3n) is 11.3. The quantitative estimate of drug-likeness (QED) is 0.425. The van der Waals surface area contributed by atoms with E-state index in [1.165, 1.54) is 31.8 Å². The molecule has 5 heteroatoms. The molecule has 194 valence electrons. The third-order valence-corrected chi connectivity index (χ3v) is 11.3. The van der Waals surface area contributed by atoms with Crippen molar-refractivity contribution in [3.05, 3.63) is 11.6 Å². The average Bonchev–Trinajstić information content (AvgIpc) is 3.13. The van der Waals surface area contributed by atoms with Crippen LogP contribution in [0.2, 0.25) is 0 Å². The summed E-state index contributed by atoms with van der Waals surface area (Å²) >= 11 is 0. The first-order valence-corrected chi connectivity index (χ1v) is 13.8. The number of carbonyl (C=O) groups excluding carboxylic acids is 1. The topological polar surface area (TPSA) is 60.4 Å². The number of rotatable bonds is 8. The molecule has 4 rings (SSSR count). The first-order chi connectivity index (χ1) is 15.9. The maximum atomic E-state index is 14.8. The molecule has 0 aliphatic heterocycles. The molecular formula is C29H45F2O3-. The highest BCUT2D eigenvalue weighted by molar-refractivity contribution is 5.64. The predicted molar refractivity (Wildman–Crippen MR) is 128 cm³/mol. The van der Waals surface area contributed by atoms with Crippen molar-refractivity contribution in [1.82, 2.24) is 0 Å². The number of alkyl halides is 2. The Kier molecular flexibility index (Phi) is 7.28. The van der Waals surface area contributed by atoms with Crippen LogP contribution in [0.1, 0.15) is 105 Å². The predicted octanol–water partition coefficient (Wildman–Crippen LogP) is 6.14. The standard InChI is InChI=1S/C29H46F2O3/c1-18(11-16-29(30,31)19(2)5-10-26(33)34)23-8-9-24-22-7-6-20-17-21(32)12-14-27(20,3)25(22)13-15-28(23,24)4/h6,18-19,21-25,32H,5,7-17H2,1-4H3,(H,33,34)/p-1/t18-,19?,21+,22+,23-,24+,25+,27+,28-/m1/s1. The minimum absolute atomic E-state index is 0.0265. The molecule has 4 aliphatic carbocycles. The second kappa shape index (κ2) is 9.48. The first kappa shape index (κ1) is 26.1. The number of aliphatic hydroxyl groups is 1. The smallest absolute Gasteiger partial charge is 0.250 e. The zero-order valence-corrected chi connectivity index (χ0v) is 21.6. The van der Waals surface area contributed by atoms with Gasteiger partial charge in [0, 0.05) is 18.3 Å². The number of allylic oxidation sites excluding steroid dienone is 1. The van der Waals surface area contributed by atoms with E-state index in [1.54, 1.807) is 0 Å². The van der Waals surface area contributed by atoms with Crippen molar-refractivity contribution in [1.29, 1.82) is 0 Å². The molecule has 0 saturated heterocycles. The zero-order valence-electron chi connectivity index (χ0n) is 21.6. The van der Waals surface area contributed by atoms with E-state index in [4.69, 9.17) is 0 Å². The second-order valence-corrected chi connectivity index (χ2v) is 13.0. The molecule has 0 aromatic heterocycles. The Bertz CT molecular complexity index is 794. The van der Waals surface area contributed by atoms with Gasteiger partial charge in [0.05, 0.1) is 6.10 Å². The molecule has 3 saturated carbocycles. The van der Waals surface area contributed by atoms with Crippen LogP contribution in [0.4, 0.5) is 8.78 Å². The van der Waals surface area contributed by atoms with E-state index >= 15 is 0 Å². The van der Waals surface area contributed by atoms with Crippen molar-refractivity contribution in [2.75, 3.05) is 0 Å². The van der Waals surface area contributed by atoms with E-state index in [2.05, 4.69) is 26.8 Å². The van der Waals surface area contributed by atoms with Crippen molar-refractivity contribution in [2.24, 2.45) is 46.3 Å². The number of aliphatic hydroxyl groups excluding tert-OH is 1. The van der Waals surface area contributed by atoms with Gasteiger partial charge in [-0.1, -0.05) is 39.3 Å². The average molecular weight is 480 g/mol. The Labute approximate surface area is 204 Å². The van der Waals surface area contributed by atoms with E-state index in [0.717, 1.165) is 32.1 Å². The fraction of sp³-hybridized carbons (Fsp3) is 0.897. The minimum atomic E-state index is -2.83. The highest BCUT2D eigenvalue weighted by Gasteiger charge is 2.59. The summed E-state index contributed by atoms with van der Waals surface area (Å²) < 4.78 is 29.5. The van der Waals surface area contributed by atoms with Crippen molar-refractivity contribution in [3.63, 3.8) is 0 Å². The molecule has 0 bridgehead atoms. The number of carboxylic acid groups (broad SMARTS) is 1. The fourth-order valence-corrected chi connectivity index (χ4v) is 9.03. The number of hydrogen-bond acceptors (Lipinski definition) is 3. The molecule has 0 aromatic carbocycles. The van der Waals surface area contributed by atoms with Gasteiger partial charge in [-0.2, -0.15) is 0 Å². The van der Waals surface area contributed by atoms with E-state index in [1.807, 2.05) is 0 Å². The van der Waals surface area contributed by atoms with Crippen LogP contribution in [-0.2, 0) is 4.79 Å². The fourth-order valence-electron chi connectivity index (χ4n) is 9.03. The van der Waals surface area contributed by atoms with Gasteiger partial charge >= 0.3 is 0 Å². The number of aliphatic carboxylic acids is 1. The van der Waals surface area contributed by atoms with Crippen LogP contribution in [0.5, 0.6) is 0 Å². The molecule has 0 heterocycles. The highest BCUT2D eigenvalue weighted by atomic mass is 19.3. The summed E-state index contributed by atoms with van der Waals surface area (Å²) in [5, 5.41) is 20.9. The largest absolute Gasteiger partial charge is 0.550 e. The number of halogens is 2. The summed E-state index contributed by atoms with van der Waals surface area (Å²) in [5.41, 5.74) is 1.96. The van der Waals surface area contributed by atoms with Crippen molar-refractivity contribution in [3.8, 4) is 0 Å². The molecule has 0 amide bonds. The van der Waals surface area contributed by atoms with E-state index < -0.39 is 17.8 Å². The van der Waals surface area contributed by atoms with Crippen molar-refractivity contribution in [2.45, 2.75) is 117 Å². The minimum Gasteiger partial charge on any atom is -0.550 e. The number of carbonyl (C=O) groups is 1. The Balaban J connectivity index is 1.41. The van der Waals surface area contributed by atoms with Crippen molar-refractivity contribution >= 4 is 5.97 Å². The van der Waals surface area contributed by atoms with Crippen LogP contribution in [0.25, 0.3) is 0 Å². The molecule has 4 aliphatic rings.